The van der Waals surface area contributed by atoms with E-state index in [1.165, 1.54) is 20.3 Å². The summed E-state index contributed by atoms with van der Waals surface area (Å²) in [6, 6.07) is 4.75. The second-order valence-corrected chi connectivity index (χ2v) is 8.59. The van der Waals surface area contributed by atoms with Gasteiger partial charge >= 0.3 is 11.9 Å². The summed E-state index contributed by atoms with van der Waals surface area (Å²) < 4.78 is 15.7. The average Bonchev–Trinajstić information content (AvgIpc) is 2.77. The van der Waals surface area contributed by atoms with Gasteiger partial charge < -0.3 is 24.6 Å². The van der Waals surface area contributed by atoms with Crippen molar-refractivity contribution in [3.63, 3.8) is 0 Å². The number of ether oxygens (including phenoxy) is 3. The molecule has 1 aromatic rings. The number of methoxy groups -OCH3 is 2. The Balaban J connectivity index is 2.19. The van der Waals surface area contributed by atoms with E-state index in [2.05, 4.69) is 5.32 Å². The fourth-order valence-corrected chi connectivity index (χ4v) is 4.50. The van der Waals surface area contributed by atoms with E-state index in [4.69, 9.17) is 14.2 Å². The minimum atomic E-state index is -0.977. The fraction of sp³-hybridized carbons (Fsp3) is 0.480. The van der Waals surface area contributed by atoms with Crippen molar-refractivity contribution in [2.75, 3.05) is 14.2 Å². The Labute approximate surface area is 193 Å². The van der Waals surface area contributed by atoms with Gasteiger partial charge in [-0.3, -0.25) is 9.59 Å². The lowest BCUT2D eigenvalue weighted by atomic mass is 9.69. The number of rotatable bonds is 6. The van der Waals surface area contributed by atoms with E-state index in [-0.39, 0.29) is 29.1 Å². The van der Waals surface area contributed by atoms with E-state index in [9.17, 15) is 19.5 Å². The molecule has 1 heterocycles. The number of phenolic OH excluding ortho intramolecular Hbond substituents is 1. The normalized spacial score (nSPS) is 23.5. The smallest absolute Gasteiger partial charge is 0.337 e. The number of carbonyl (C=O) groups excluding carboxylic acids is 3. The molecule has 0 saturated heterocycles. The molecule has 0 spiro atoms. The van der Waals surface area contributed by atoms with Gasteiger partial charge in [-0.15, -0.1) is 0 Å². The van der Waals surface area contributed by atoms with Crippen molar-refractivity contribution in [3.05, 3.63) is 46.3 Å². The second kappa shape index (κ2) is 9.68. The van der Waals surface area contributed by atoms with Crippen LogP contribution in [0.25, 0.3) is 0 Å². The number of hydrogen-bond acceptors (Lipinski definition) is 8. The van der Waals surface area contributed by atoms with Crippen LogP contribution in [0, 0.1) is 11.8 Å². The van der Waals surface area contributed by atoms with Crippen molar-refractivity contribution in [3.8, 4) is 11.5 Å². The van der Waals surface area contributed by atoms with E-state index >= 15 is 0 Å². The van der Waals surface area contributed by atoms with Crippen molar-refractivity contribution >= 4 is 17.7 Å². The molecule has 0 aromatic heterocycles. The molecule has 0 unspecified atom stereocenters. The summed E-state index contributed by atoms with van der Waals surface area (Å²) in [5.41, 5.74) is 2.33. The maximum atomic E-state index is 13.7. The first-order valence-corrected chi connectivity index (χ1v) is 11.0. The van der Waals surface area contributed by atoms with Crippen LogP contribution in [0.1, 0.15) is 52.0 Å². The molecule has 1 aliphatic carbocycles. The molecule has 33 heavy (non-hydrogen) atoms. The first kappa shape index (κ1) is 24.4. The van der Waals surface area contributed by atoms with E-state index < -0.39 is 29.6 Å². The van der Waals surface area contributed by atoms with E-state index in [0.29, 0.717) is 35.4 Å². The molecule has 0 bridgehead atoms. The predicted octanol–water partition coefficient (Wildman–Crippen LogP) is 3.36. The third kappa shape index (κ3) is 4.47. The highest BCUT2D eigenvalue weighted by Gasteiger charge is 2.47. The Morgan fingerprint density at radius 2 is 1.97 bits per heavy atom. The Morgan fingerprint density at radius 3 is 2.55 bits per heavy atom. The van der Waals surface area contributed by atoms with E-state index in [0.717, 1.165) is 0 Å². The molecular weight excluding hydrogens is 426 g/mol. The lowest BCUT2D eigenvalue weighted by Gasteiger charge is -2.38. The quantitative estimate of drug-likeness (QED) is 0.494. The number of hydrogen-bond donors (Lipinski definition) is 2. The zero-order valence-electron chi connectivity index (χ0n) is 19.9. The molecule has 0 amide bonds. The van der Waals surface area contributed by atoms with Crippen LogP contribution in [0.4, 0.5) is 0 Å². The third-order valence-electron chi connectivity index (χ3n) is 6.38. The van der Waals surface area contributed by atoms with Gasteiger partial charge in [0, 0.05) is 22.9 Å². The molecule has 1 aliphatic heterocycles. The molecule has 2 N–H and O–H groups in total. The van der Waals surface area contributed by atoms with Gasteiger partial charge in [-0.2, -0.15) is 0 Å². The number of nitrogens with one attached hydrogen (secondary N) is 1. The predicted molar refractivity (Wildman–Crippen MR) is 120 cm³/mol. The first-order valence-electron chi connectivity index (χ1n) is 11.0. The molecule has 4 atom stereocenters. The van der Waals surface area contributed by atoms with E-state index in [1.807, 2.05) is 13.8 Å². The van der Waals surface area contributed by atoms with Gasteiger partial charge in [0.25, 0.3) is 0 Å². The molecule has 3 rings (SSSR count). The number of benzene rings is 1. The largest absolute Gasteiger partial charge is 0.504 e. The zero-order chi connectivity index (χ0) is 24.4. The average molecular weight is 458 g/mol. The number of carbonyl (C=O) groups is 3. The Kier molecular flexibility index (Phi) is 7.15. The minimum Gasteiger partial charge on any atom is -0.504 e. The summed E-state index contributed by atoms with van der Waals surface area (Å²) in [5, 5.41) is 13.6. The molecule has 178 valence electrons. The van der Waals surface area contributed by atoms with Gasteiger partial charge in [0.05, 0.1) is 25.9 Å². The Hall–Kier alpha value is -3.29. The molecular formula is C25H31NO7. The van der Waals surface area contributed by atoms with Crippen LogP contribution in [0.5, 0.6) is 11.5 Å². The highest BCUT2D eigenvalue weighted by atomic mass is 16.5. The van der Waals surface area contributed by atoms with Gasteiger partial charge in [-0.1, -0.05) is 19.9 Å². The summed E-state index contributed by atoms with van der Waals surface area (Å²) in [5.74, 6) is -3.48. The number of ketones is 1. The van der Waals surface area contributed by atoms with Crippen LogP contribution in [0.15, 0.2) is 40.7 Å². The summed E-state index contributed by atoms with van der Waals surface area (Å²) in [4.78, 5) is 39.4. The van der Waals surface area contributed by atoms with Crippen LogP contribution >= 0.6 is 0 Å². The second-order valence-electron chi connectivity index (χ2n) is 8.59. The van der Waals surface area contributed by atoms with Crippen LogP contribution in [-0.4, -0.2) is 43.2 Å². The molecule has 0 saturated carbocycles. The fourth-order valence-electron chi connectivity index (χ4n) is 4.50. The number of phenols is 1. The zero-order valence-corrected chi connectivity index (χ0v) is 19.9. The van der Waals surface area contributed by atoms with Crippen LogP contribution in [-0.2, 0) is 23.9 Å². The van der Waals surface area contributed by atoms with Gasteiger partial charge in [0.15, 0.2) is 17.3 Å². The number of Topliss-reactive ketones (excluding diaryl/α,β-unsaturated/α-hetero) is 1. The summed E-state index contributed by atoms with van der Waals surface area (Å²) >= 11 is 0. The highest BCUT2D eigenvalue weighted by Crippen LogP contribution is 2.46. The topological polar surface area (TPSA) is 111 Å². The van der Waals surface area contributed by atoms with Crippen molar-refractivity contribution in [1.82, 2.24) is 5.32 Å². The summed E-state index contributed by atoms with van der Waals surface area (Å²) in [7, 11) is 2.69. The van der Waals surface area contributed by atoms with E-state index in [1.54, 1.807) is 26.0 Å². The summed E-state index contributed by atoms with van der Waals surface area (Å²) in [6.45, 7) is 7.29. The lowest BCUT2D eigenvalue weighted by molar-refractivity contribution is -0.151. The maximum absolute atomic E-state index is 13.7. The first-order chi connectivity index (χ1) is 15.6. The molecule has 0 radical (unpaired) electrons. The standard InChI is InChI=1S/C25H31NO7/c1-7-13(3)33-25(30)20-14(4)26-16-10-12(2)19(24(29)32-6)23(28)22(16)21(20)15-8-9-18(31-5)17(27)11-15/h8-9,11-13,19,21,26-27H,7,10H2,1-6H3/t12-,13-,19-,21-/m1/s1. The number of allylic oxidation sites excluding steroid dienone is 3. The van der Waals surface area contributed by atoms with Gasteiger partial charge in [0.1, 0.15) is 5.92 Å². The number of esters is 2. The monoisotopic (exact) mass is 457 g/mol. The van der Waals surface area contributed by atoms with Crippen molar-refractivity contribution in [1.29, 1.82) is 0 Å². The summed E-state index contributed by atoms with van der Waals surface area (Å²) in [6.07, 6.45) is 0.752. The van der Waals surface area contributed by atoms with Crippen molar-refractivity contribution < 1.29 is 33.7 Å². The van der Waals surface area contributed by atoms with Crippen LogP contribution in [0.2, 0.25) is 0 Å². The maximum Gasteiger partial charge on any atom is 0.337 e. The number of dihydropyridines is 1. The van der Waals surface area contributed by atoms with Gasteiger partial charge in [0.2, 0.25) is 0 Å². The van der Waals surface area contributed by atoms with Gasteiger partial charge in [-0.05, 0) is 50.3 Å². The van der Waals surface area contributed by atoms with Crippen LogP contribution in [0.3, 0.4) is 0 Å². The van der Waals surface area contributed by atoms with Crippen LogP contribution < -0.4 is 10.1 Å². The number of aromatic hydroxyl groups is 1. The molecule has 0 fully saturated rings. The van der Waals surface area contributed by atoms with Crippen molar-refractivity contribution in [2.45, 2.75) is 52.6 Å². The van der Waals surface area contributed by atoms with Gasteiger partial charge in [-0.25, -0.2) is 4.79 Å². The minimum absolute atomic E-state index is 0.121. The SMILES string of the molecule is CC[C@@H](C)OC(=O)C1=C(C)NC2=C(C(=O)[C@H](C(=O)OC)[C@H](C)C2)[C@@H]1c1ccc(OC)c(O)c1. The molecule has 8 heteroatoms. The highest BCUT2D eigenvalue weighted by molar-refractivity contribution is 6.12. The third-order valence-corrected chi connectivity index (χ3v) is 6.38. The molecule has 8 nitrogen and oxygen atoms in total. The molecule has 1 aromatic carbocycles. The Bertz CT molecular complexity index is 1040. The lowest BCUT2D eigenvalue weighted by Crippen LogP contribution is -2.43. The Morgan fingerprint density at radius 1 is 1.27 bits per heavy atom. The molecule has 2 aliphatic rings. The van der Waals surface area contributed by atoms with Crippen molar-refractivity contribution in [2.24, 2.45) is 11.8 Å².